The highest BCUT2D eigenvalue weighted by molar-refractivity contribution is 7.10. The Morgan fingerprint density at radius 3 is 3.20 bits per heavy atom. The fourth-order valence-corrected chi connectivity index (χ4v) is 3.12. The van der Waals surface area contributed by atoms with Crippen LogP contribution in [0.5, 0.6) is 0 Å². The normalized spacial score (nSPS) is 18.6. The summed E-state index contributed by atoms with van der Waals surface area (Å²) < 4.78 is 0. The molecule has 1 amide bonds. The van der Waals surface area contributed by atoms with Gasteiger partial charge in [-0.2, -0.15) is 0 Å². The minimum atomic E-state index is -0.00278. The number of thiophene rings is 1. The third-order valence-electron chi connectivity index (χ3n) is 3.54. The van der Waals surface area contributed by atoms with Crippen LogP contribution in [0.4, 0.5) is 0 Å². The highest BCUT2D eigenvalue weighted by Gasteiger charge is 2.21. The van der Waals surface area contributed by atoms with Gasteiger partial charge in [-0.05, 0) is 31.5 Å². The molecule has 1 aromatic rings. The monoisotopic (exact) mass is 291 g/mol. The molecular formula is C15H21N3OS. The molecule has 0 radical (unpaired) electrons. The number of carbonyl (C=O) groups is 1. The molecule has 0 saturated carbocycles. The zero-order valence-electron chi connectivity index (χ0n) is 11.8. The zero-order valence-corrected chi connectivity index (χ0v) is 12.6. The summed E-state index contributed by atoms with van der Waals surface area (Å²) in [4.78, 5) is 15.4. The zero-order chi connectivity index (χ0) is 14.4. The van der Waals surface area contributed by atoms with Crippen LogP contribution in [-0.4, -0.2) is 43.5 Å². The first kappa shape index (κ1) is 15.0. The van der Waals surface area contributed by atoms with Crippen LogP contribution in [0.1, 0.15) is 28.6 Å². The van der Waals surface area contributed by atoms with Crippen LogP contribution in [0, 0.1) is 17.8 Å². The van der Waals surface area contributed by atoms with Crippen molar-refractivity contribution in [1.29, 1.82) is 0 Å². The standard InChI is InChI=1S/C15H21N3OS/c1-2-18-7-5-12(10-18)9-17-15(19)13-8-14(20-11-13)4-3-6-16/h8,11-12H,2,5-7,9-10,16H2,1H3,(H,17,19). The molecule has 1 aliphatic rings. The van der Waals surface area contributed by atoms with Gasteiger partial charge in [0.15, 0.2) is 0 Å². The highest BCUT2D eigenvalue weighted by Crippen LogP contribution is 2.16. The van der Waals surface area contributed by atoms with E-state index in [4.69, 9.17) is 5.73 Å². The van der Waals surface area contributed by atoms with Crippen LogP contribution in [0.25, 0.3) is 0 Å². The number of likely N-dealkylation sites (tertiary alicyclic amines) is 1. The van der Waals surface area contributed by atoms with Crippen LogP contribution >= 0.6 is 11.3 Å². The second kappa shape index (κ2) is 7.44. The Kier molecular flexibility index (Phi) is 5.60. The van der Waals surface area contributed by atoms with Crippen molar-refractivity contribution < 1.29 is 4.79 Å². The summed E-state index contributed by atoms with van der Waals surface area (Å²) in [6.07, 6.45) is 1.17. The molecule has 5 heteroatoms. The van der Waals surface area contributed by atoms with E-state index in [0.29, 0.717) is 18.0 Å². The van der Waals surface area contributed by atoms with Gasteiger partial charge in [-0.1, -0.05) is 18.8 Å². The van der Waals surface area contributed by atoms with Crippen molar-refractivity contribution in [3.05, 3.63) is 21.9 Å². The Morgan fingerprint density at radius 1 is 1.65 bits per heavy atom. The van der Waals surface area contributed by atoms with E-state index in [1.807, 2.05) is 11.4 Å². The van der Waals surface area contributed by atoms with E-state index in [1.165, 1.54) is 17.8 Å². The number of carbonyl (C=O) groups excluding carboxylic acids is 1. The van der Waals surface area contributed by atoms with Crippen molar-refractivity contribution in [3.63, 3.8) is 0 Å². The first-order valence-corrected chi connectivity index (χ1v) is 7.89. The van der Waals surface area contributed by atoms with Crippen molar-refractivity contribution in [2.24, 2.45) is 11.7 Å². The van der Waals surface area contributed by atoms with Crippen molar-refractivity contribution in [2.45, 2.75) is 13.3 Å². The first-order chi connectivity index (χ1) is 9.72. The summed E-state index contributed by atoms with van der Waals surface area (Å²) in [6, 6.07) is 1.83. The van der Waals surface area contributed by atoms with Gasteiger partial charge >= 0.3 is 0 Å². The fourth-order valence-electron chi connectivity index (χ4n) is 2.36. The minimum Gasteiger partial charge on any atom is -0.352 e. The van der Waals surface area contributed by atoms with E-state index in [2.05, 4.69) is 29.0 Å². The lowest BCUT2D eigenvalue weighted by molar-refractivity contribution is 0.0948. The molecule has 2 rings (SSSR count). The van der Waals surface area contributed by atoms with Crippen LogP contribution in [0.2, 0.25) is 0 Å². The molecule has 3 N–H and O–H groups in total. The number of hydrogen-bond acceptors (Lipinski definition) is 4. The number of nitrogens with zero attached hydrogens (tertiary/aromatic N) is 1. The average Bonchev–Trinajstić information content (AvgIpc) is 3.11. The molecule has 0 spiro atoms. The largest absolute Gasteiger partial charge is 0.352 e. The number of nitrogens with two attached hydrogens (primary N) is 1. The van der Waals surface area contributed by atoms with E-state index >= 15 is 0 Å². The average molecular weight is 291 g/mol. The summed E-state index contributed by atoms with van der Waals surface area (Å²) in [6.45, 7) is 6.61. The van der Waals surface area contributed by atoms with Crippen LogP contribution in [0.3, 0.4) is 0 Å². The second-order valence-corrected chi connectivity index (χ2v) is 5.87. The van der Waals surface area contributed by atoms with Gasteiger partial charge in [0.1, 0.15) is 0 Å². The molecule has 1 aromatic heterocycles. The van der Waals surface area contributed by atoms with Gasteiger partial charge in [-0.15, -0.1) is 11.3 Å². The summed E-state index contributed by atoms with van der Waals surface area (Å²) in [5.41, 5.74) is 6.03. The van der Waals surface area contributed by atoms with Crippen molar-refractivity contribution in [1.82, 2.24) is 10.2 Å². The van der Waals surface area contributed by atoms with Gasteiger partial charge < -0.3 is 16.0 Å². The quantitative estimate of drug-likeness (QED) is 0.818. The molecule has 0 aliphatic carbocycles. The highest BCUT2D eigenvalue weighted by atomic mass is 32.1. The third kappa shape index (κ3) is 4.07. The topological polar surface area (TPSA) is 58.4 Å². The maximum atomic E-state index is 12.0. The number of amides is 1. The van der Waals surface area contributed by atoms with Crippen molar-refractivity contribution >= 4 is 17.2 Å². The maximum Gasteiger partial charge on any atom is 0.252 e. The second-order valence-electron chi connectivity index (χ2n) is 4.96. The van der Waals surface area contributed by atoms with Crippen molar-refractivity contribution in [3.8, 4) is 11.8 Å². The van der Waals surface area contributed by atoms with E-state index in [0.717, 1.165) is 31.1 Å². The van der Waals surface area contributed by atoms with Gasteiger partial charge in [0.2, 0.25) is 0 Å². The molecule has 0 bridgehead atoms. The van der Waals surface area contributed by atoms with E-state index in [-0.39, 0.29) is 5.91 Å². The maximum absolute atomic E-state index is 12.0. The predicted octanol–water partition coefficient (Wildman–Crippen LogP) is 1.13. The molecule has 1 saturated heterocycles. The SMILES string of the molecule is CCN1CCC(CNC(=O)c2csc(C#CCN)c2)C1. The minimum absolute atomic E-state index is 0.00278. The van der Waals surface area contributed by atoms with Crippen LogP contribution in [-0.2, 0) is 0 Å². The van der Waals surface area contributed by atoms with Gasteiger partial charge in [-0.25, -0.2) is 0 Å². The molecule has 4 nitrogen and oxygen atoms in total. The Hall–Kier alpha value is -1.35. The summed E-state index contributed by atoms with van der Waals surface area (Å²) in [7, 11) is 0. The number of hydrogen-bond donors (Lipinski definition) is 2. The Balaban J connectivity index is 1.81. The lowest BCUT2D eigenvalue weighted by Gasteiger charge is -2.13. The van der Waals surface area contributed by atoms with E-state index < -0.39 is 0 Å². The molecule has 1 unspecified atom stereocenters. The Bertz CT molecular complexity index is 515. The van der Waals surface area contributed by atoms with Gasteiger partial charge in [0.05, 0.1) is 17.0 Å². The smallest absolute Gasteiger partial charge is 0.252 e. The van der Waals surface area contributed by atoms with Crippen LogP contribution < -0.4 is 11.1 Å². The fraction of sp³-hybridized carbons (Fsp3) is 0.533. The number of rotatable bonds is 4. The number of nitrogens with one attached hydrogen (secondary N) is 1. The predicted molar refractivity (Wildman–Crippen MR) is 82.8 cm³/mol. The van der Waals surface area contributed by atoms with Crippen LogP contribution in [0.15, 0.2) is 11.4 Å². The molecule has 20 heavy (non-hydrogen) atoms. The van der Waals surface area contributed by atoms with Gasteiger partial charge in [0, 0.05) is 18.5 Å². The first-order valence-electron chi connectivity index (χ1n) is 7.01. The Morgan fingerprint density at radius 2 is 2.50 bits per heavy atom. The lowest BCUT2D eigenvalue weighted by atomic mass is 10.1. The molecule has 1 fully saturated rings. The lowest BCUT2D eigenvalue weighted by Crippen LogP contribution is -2.30. The van der Waals surface area contributed by atoms with Gasteiger partial charge in [0.25, 0.3) is 5.91 Å². The summed E-state index contributed by atoms with van der Waals surface area (Å²) in [5, 5.41) is 4.87. The molecule has 1 atom stereocenters. The molecule has 1 aliphatic heterocycles. The Labute approximate surface area is 124 Å². The van der Waals surface area contributed by atoms with E-state index in [9.17, 15) is 4.79 Å². The summed E-state index contributed by atoms with van der Waals surface area (Å²) in [5.74, 6) is 6.32. The molecule has 2 heterocycles. The molecule has 0 aromatic carbocycles. The summed E-state index contributed by atoms with van der Waals surface area (Å²) >= 11 is 1.48. The van der Waals surface area contributed by atoms with Crippen molar-refractivity contribution in [2.75, 3.05) is 32.7 Å². The van der Waals surface area contributed by atoms with Gasteiger partial charge in [-0.3, -0.25) is 4.79 Å². The molecule has 108 valence electrons. The van der Waals surface area contributed by atoms with E-state index in [1.54, 1.807) is 0 Å². The molecular weight excluding hydrogens is 270 g/mol. The third-order valence-corrected chi connectivity index (χ3v) is 4.39.